The Kier molecular flexibility index (Phi) is 4.14. The first-order valence-corrected chi connectivity index (χ1v) is 7.41. The number of piperazine rings is 1. The maximum atomic E-state index is 4.51. The van der Waals surface area contributed by atoms with Gasteiger partial charge >= 0.3 is 0 Å². The summed E-state index contributed by atoms with van der Waals surface area (Å²) in [4.78, 5) is 10.4. The highest BCUT2D eigenvalue weighted by molar-refractivity contribution is 5.58. The van der Waals surface area contributed by atoms with Gasteiger partial charge in [-0.05, 0) is 17.5 Å². The topological polar surface area (TPSA) is 44.0 Å². The van der Waals surface area contributed by atoms with Crippen LogP contribution in [0.25, 0.3) is 11.3 Å². The molecule has 1 fully saturated rings. The van der Waals surface area contributed by atoms with Crippen LogP contribution >= 0.6 is 0 Å². The molecule has 4 nitrogen and oxygen atoms in total. The number of benzene rings is 1. The SMILES string of the molecule is CCc1ccc(-c2cnc(CN3CCNCC3)[nH]2)cc1. The molecule has 2 aromatic rings. The van der Waals surface area contributed by atoms with E-state index in [1.165, 1.54) is 11.1 Å². The van der Waals surface area contributed by atoms with E-state index in [1.807, 2.05) is 6.20 Å². The van der Waals surface area contributed by atoms with Crippen molar-refractivity contribution in [1.29, 1.82) is 0 Å². The largest absolute Gasteiger partial charge is 0.341 e. The number of rotatable bonds is 4. The number of hydrogen-bond donors (Lipinski definition) is 2. The van der Waals surface area contributed by atoms with Crippen LogP contribution in [0.2, 0.25) is 0 Å². The van der Waals surface area contributed by atoms with Crippen molar-refractivity contribution >= 4 is 0 Å². The molecule has 0 bridgehead atoms. The van der Waals surface area contributed by atoms with Gasteiger partial charge in [-0.2, -0.15) is 0 Å². The molecule has 1 aliphatic rings. The standard InChI is InChI=1S/C16H22N4/c1-2-13-3-5-14(6-4-13)15-11-18-16(19-15)12-20-9-7-17-8-10-20/h3-6,11,17H,2,7-10,12H2,1H3,(H,18,19). The molecule has 1 aliphatic heterocycles. The number of aromatic nitrogens is 2. The number of aryl methyl sites for hydroxylation is 1. The molecule has 4 heteroatoms. The van der Waals surface area contributed by atoms with Crippen LogP contribution in [-0.2, 0) is 13.0 Å². The van der Waals surface area contributed by atoms with E-state index in [4.69, 9.17) is 0 Å². The second-order valence-corrected chi connectivity index (χ2v) is 5.32. The van der Waals surface area contributed by atoms with Crippen molar-refractivity contribution in [3.63, 3.8) is 0 Å². The Morgan fingerprint density at radius 3 is 2.60 bits per heavy atom. The summed E-state index contributed by atoms with van der Waals surface area (Å²) in [5.74, 6) is 1.06. The van der Waals surface area contributed by atoms with Crippen LogP contribution in [0.15, 0.2) is 30.5 Å². The molecule has 20 heavy (non-hydrogen) atoms. The van der Waals surface area contributed by atoms with Crippen molar-refractivity contribution in [3.8, 4) is 11.3 Å². The number of H-pyrrole nitrogens is 1. The molecular weight excluding hydrogens is 248 g/mol. The number of imidazole rings is 1. The van der Waals surface area contributed by atoms with Crippen molar-refractivity contribution in [1.82, 2.24) is 20.2 Å². The Morgan fingerprint density at radius 2 is 1.90 bits per heavy atom. The summed E-state index contributed by atoms with van der Waals surface area (Å²) in [5, 5.41) is 3.37. The van der Waals surface area contributed by atoms with E-state index >= 15 is 0 Å². The first kappa shape index (κ1) is 13.3. The van der Waals surface area contributed by atoms with Gasteiger partial charge in [-0.25, -0.2) is 4.98 Å². The molecule has 106 valence electrons. The third-order valence-electron chi connectivity index (χ3n) is 3.88. The van der Waals surface area contributed by atoms with Crippen molar-refractivity contribution in [2.24, 2.45) is 0 Å². The molecule has 0 aliphatic carbocycles. The zero-order valence-corrected chi connectivity index (χ0v) is 12.0. The molecule has 0 spiro atoms. The van der Waals surface area contributed by atoms with Crippen molar-refractivity contribution in [3.05, 3.63) is 41.9 Å². The third kappa shape index (κ3) is 3.08. The van der Waals surface area contributed by atoms with Crippen LogP contribution in [0, 0.1) is 0 Å². The minimum absolute atomic E-state index is 0.911. The van der Waals surface area contributed by atoms with Gasteiger partial charge < -0.3 is 10.3 Å². The van der Waals surface area contributed by atoms with E-state index in [-0.39, 0.29) is 0 Å². The van der Waals surface area contributed by atoms with Gasteiger partial charge in [0.25, 0.3) is 0 Å². The summed E-state index contributed by atoms with van der Waals surface area (Å²) in [7, 11) is 0. The van der Waals surface area contributed by atoms with E-state index in [1.54, 1.807) is 0 Å². The normalized spacial score (nSPS) is 16.4. The highest BCUT2D eigenvalue weighted by Gasteiger charge is 2.12. The summed E-state index contributed by atoms with van der Waals surface area (Å²) in [6.07, 6.45) is 3.02. The van der Waals surface area contributed by atoms with Gasteiger partial charge in [-0.15, -0.1) is 0 Å². The summed E-state index contributed by atoms with van der Waals surface area (Å²) >= 11 is 0. The van der Waals surface area contributed by atoms with Gasteiger partial charge in [0.1, 0.15) is 5.82 Å². The lowest BCUT2D eigenvalue weighted by atomic mass is 10.1. The molecule has 1 saturated heterocycles. The fraction of sp³-hybridized carbons (Fsp3) is 0.438. The molecule has 0 radical (unpaired) electrons. The third-order valence-corrected chi connectivity index (χ3v) is 3.88. The predicted octanol–water partition coefficient (Wildman–Crippen LogP) is 2.04. The summed E-state index contributed by atoms with van der Waals surface area (Å²) < 4.78 is 0. The van der Waals surface area contributed by atoms with E-state index in [0.717, 1.165) is 50.7 Å². The minimum atomic E-state index is 0.911. The highest BCUT2D eigenvalue weighted by Crippen LogP contribution is 2.18. The van der Waals surface area contributed by atoms with Gasteiger partial charge in [0.2, 0.25) is 0 Å². The first-order valence-electron chi connectivity index (χ1n) is 7.41. The Balaban J connectivity index is 1.68. The molecule has 0 saturated carbocycles. The maximum Gasteiger partial charge on any atom is 0.120 e. The molecule has 3 rings (SSSR count). The lowest BCUT2D eigenvalue weighted by molar-refractivity contribution is 0.228. The van der Waals surface area contributed by atoms with Crippen LogP contribution in [0.4, 0.5) is 0 Å². The van der Waals surface area contributed by atoms with Crippen LogP contribution in [0.1, 0.15) is 18.3 Å². The average Bonchev–Trinajstić information content (AvgIpc) is 2.97. The Hall–Kier alpha value is -1.65. The van der Waals surface area contributed by atoms with Crippen LogP contribution in [-0.4, -0.2) is 41.0 Å². The molecule has 1 aromatic heterocycles. The van der Waals surface area contributed by atoms with Crippen molar-refractivity contribution < 1.29 is 0 Å². The number of nitrogens with one attached hydrogen (secondary N) is 2. The Labute approximate surface area is 120 Å². The van der Waals surface area contributed by atoms with Gasteiger partial charge in [-0.3, -0.25) is 4.90 Å². The van der Waals surface area contributed by atoms with E-state index in [2.05, 4.69) is 51.4 Å². The Morgan fingerprint density at radius 1 is 1.15 bits per heavy atom. The molecule has 1 aromatic carbocycles. The Bertz CT molecular complexity index is 538. The van der Waals surface area contributed by atoms with E-state index < -0.39 is 0 Å². The van der Waals surface area contributed by atoms with Crippen LogP contribution < -0.4 is 5.32 Å². The number of aromatic amines is 1. The van der Waals surface area contributed by atoms with Gasteiger partial charge in [-0.1, -0.05) is 31.2 Å². The molecular formula is C16H22N4. The quantitative estimate of drug-likeness (QED) is 0.893. The highest BCUT2D eigenvalue weighted by atomic mass is 15.2. The van der Waals surface area contributed by atoms with Gasteiger partial charge in [0.15, 0.2) is 0 Å². The molecule has 2 heterocycles. The van der Waals surface area contributed by atoms with Crippen molar-refractivity contribution in [2.45, 2.75) is 19.9 Å². The molecule has 0 atom stereocenters. The fourth-order valence-electron chi connectivity index (χ4n) is 2.59. The van der Waals surface area contributed by atoms with E-state index in [0.29, 0.717) is 0 Å². The van der Waals surface area contributed by atoms with Crippen molar-refractivity contribution in [2.75, 3.05) is 26.2 Å². The molecule has 0 unspecified atom stereocenters. The van der Waals surface area contributed by atoms with E-state index in [9.17, 15) is 0 Å². The predicted molar refractivity (Wildman–Crippen MR) is 81.5 cm³/mol. The first-order chi connectivity index (χ1) is 9.85. The lowest BCUT2D eigenvalue weighted by Crippen LogP contribution is -2.43. The van der Waals surface area contributed by atoms with Gasteiger partial charge in [0.05, 0.1) is 18.4 Å². The molecule has 0 amide bonds. The second-order valence-electron chi connectivity index (χ2n) is 5.32. The summed E-state index contributed by atoms with van der Waals surface area (Å²) in [6, 6.07) is 8.71. The zero-order valence-electron chi connectivity index (χ0n) is 12.0. The average molecular weight is 270 g/mol. The maximum absolute atomic E-state index is 4.51. The summed E-state index contributed by atoms with van der Waals surface area (Å²) in [5.41, 5.74) is 3.69. The molecule has 2 N–H and O–H groups in total. The zero-order chi connectivity index (χ0) is 13.8. The second kappa shape index (κ2) is 6.20. The van der Waals surface area contributed by atoms with Gasteiger partial charge in [0, 0.05) is 26.2 Å². The lowest BCUT2D eigenvalue weighted by Gasteiger charge is -2.26. The summed E-state index contributed by atoms with van der Waals surface area (Å²) in [6.45, 7) is 7.44. The number of nitrogens with zero attached hydrogens (tertiary/aromatic N) is 2. The smallest absolute Gasteiger partial charge is 0.120 e. The minimum Gasteiger partial charge on any atom is -0.341 e. The monoisotopic (exact) mass is 270 g/mol. The van der Waals surface area contributed by atoms with Crippen LogP contribution in [0.3, 0.4) is 0 Å². The fourth-order valence-corrected chi connectivity index (χ4v) is 2.59. The van der Waals surface area contributed by atoms with Crippen LogP contribution in [0.5, 0.6) is 0 Å². The number of hydrogen-bond acceptors (Lipinski definition) is 3.